The topological polar surface area (TPSA) is 63.8 Å². The number of nitrogen functional groups attached to an aromatic ring is 1. The maximum Gasteiger partial charge on any atom is 0.186 e. The van der Waals surface area contributed by atoms with Gasteiger partial charge >= 0.3 is 0 Å². The predicted octanol–water partition coefficient (Wildman–Crippen LogP) is 2.93. The van der Waals surface area contributed by atoms with Gasteiger partial charge < -0.3 is 11.1 Å². The molecule has 0 radical (unpaired) electrons. The zero-order chi connectivity index (χ0) is 13.8. The van der Waals surface area contributed by atoms with Crippen molar-refractivity contribution in [3.8, 4) is 0 Å². The van der Waals surface area contributed by atoms with Crippen LogP contribution < -0.4 is 11.1 Å². The molecule has 3 N–H and O–H groups in total. The van der Waals surface area contributed by atoms with Gasteiger partial charge in [0.1, 0.15) is 6.33 Å². The Bertz CT molecular complexity index is 571. The minimum absolute atomic E-state index is 0.129. The summed E-state index contributed by atoms with van der Waals surface area (Å²) < 4.78 is 14.0. The number of nitrogens with one attached hydrogen (secondary N) is 1. The summed E-state index contributed by atoms with van der Waals surface area (Å²) in [6.07, 6.45) is 1.90. The molecule has 100 valence electrons. The maximum absolute atomic E-state index is 14.0. The van der Waals surface area contributed by atoms with E-state index >= 15 is 0 Å². The third-order valence-corrected chi connectivity index (χ3v) is 3.01. The summed E-state index contributed by atoms with van der Waals surface area (Å²) in [7, 11) is 0. The fraction of sp³-hybridized carbons (Fsp3) is 0.286. The quantitative estimate of drug-likeness (QED) is 0.830. The summed E-state index contributed by atoms with van der Waals surface area (Å²) in [6, 6.07) is 7.37. The Morgan fingerprint density at radius 1 is 1.32 bits per heavy atom. The summed E-state index contributed by atoms with van der Waals surface area (Å²) in [5, 5.41) is 3.04. The van der Waals surface area contributed by atoms with E-state index in [2.05, 4.69) is 15.3 Å². The first kappa shape index (κ1) is 13.3. The summed E-state index contributed by atoms with van der Waals surface area (Å²) in [5.41, 5.74) is 7.90. The van der Waals surface area contributed by atoms with Crippen molar-refractivity contribution >= 4 is 11.5 Å². The second kappa shape index (κ2) is 5.65. The molecule has 4 nitrogen and oxygen atoms in total. The number of hydrogen-bond acceptors (Lipinski definition) is 4. The highest BCUT2D eigenvalue weighted by Crippen LogP contribution is 2.24. The average Bonchev–Trinajstić information content (AvgIpc) is 2.41. The van der Waals surface area contributed by atoms with Crippen LogP contribution in [0.5, 0.6) is 0 Å². The molecular formula is C14H17FN4. The Morgan fingerprint density at radius 3 is 2.74 bits per heavy atom. The normalized spacial score (nSPS) is 12.2. The molecule has 0 saturated heterocycles. The summed E-state index contributed by atoms with van der Waals surface area (Å²) in [4.78, 5) is 7.85. The maximum atomic E-state index is 14.0. The molecule has 0 aliphatic rings. The molecule has 1 unspecified atom stereocenters. The van der Waals surface area contributed by atoms with Crippen LogP contribution in [0.4, 0.5) is 15.9 Å². The van der Waals surface area contributed by atoms with E-state index in [4.69, 9.17) is 5.73 Å². The zero-order valence-electron chi connectivity index (χ0n) is 11.0. The van der Waals surface area contributed by atoms with E-state index in [0.717, 1.165) is 5.56 Å². The van der Waals surface area contributed by atoms with E-state index in [-0.39, 0.29) is 11.9 Å². The molecule has 0 amide bonds. The van der Waals surface area contributed by atoms with Gasteiger partial charge in [-0.3, -0.25) is 0 Å². The third-order valence-electron chi connectivity index (χ3n) is 3.01. The van der Waals surface area contributed by atoms with E-state index in [0.29, 0.717) is 17.8 Å². The molecule has 1 aromatic heterocycles. The minimum atomic E-state index is -0.397. The summed E-state index contributed by atoms with van der Waals surface area (Å²) >= 11 is 0. The highest BCUT2D eigenvalue weighted by molar-refractivity contribution is 5.51. The van der Waals surface area contributed by atoms with Gasteiger partial charge in [0.25, 0.3) is 0 Å². The zero-order valence-corrected chi connectivity index (χ0v) is 11.0. The third kappa shape index (κ3) is 2.81. The van der Waals surface area contributed by atoms with Crippen LogP contribution in [-0.4, -0.2) is 9.97 Å². The Balaban J connectivity index is 2.24. The standard InChI is InChI=1S/C14H17FN4/c1-3-12-13(15)14(18-8-17-12)19-9(2)10-6-4-5-7-11(10)16/h4-9H,3,16H2,1-2H3,(H,17,18,19). The fourth-order valence-electron chi connectivity index (χ4n) is 1.94. The van der Waals surface area contributed by atoms with Crippen LogP contribution in [0.3, 0.4) is 0 Å². The number of aryl methyl sites for hydroxylation is 1. The van der Waals surface area contributed by atoms with Crippen molar-refractivity contribution < 1.29 is 4.39 Å². The lowest BCUT2D eigenvalue weighted by Crippen LogP contribution is -2.12. The number of halogens is 1. The number of hydrogen-bond donors (Lipinski definition) is 2. The lowest BCUT2D eigenvalue weighted by Gasteiger charge is -2.17. The monoisotopic (exact) mass is 260 g/mol. The van der Waals surface area contributed by atoms with Crippen molar-refractivity contribution in [1.82, 2.24) is 9.97 Å². The van der Waals surface area contributed by atoms with Gasteiger partial charge in [0.2, 0.25) is 0 Å². The first-order chi connectivity index (χ1) is 9.13. The van der Waals surface area contributed by atoms with Crippen LogP contribution in [0.2, 0.25) is 0 Å². The number of benzene rings is 1. The smallest absolute Gasteiger partial charge is 0.186 e. The second-order valence-corrected chi connectivity index (χ2v) is 4.33. The van der Waals surface area contributed by atoms with E-state index < -0.39 is 5.82 Å². The van der Waals surface area contributed by atoms with E-state index in [1.807, 2.05) is 38.1 Å². The number of nitrogens with zero attached hydrogens (tertiary/aromatic N) is 2. The molecule has 2 aromatic rings. The van der Waals surface area contributed by atoms with Crippen molar-refractivity contribution in [3.05, 3.63) is 47.7 Å². The highest BCUT2D eigenvalue weighted by Gasteiger charge is 2.14. The van der Waals surface area contributed by atoms with Crippen LogP contribution >= 0.6 is 0 Å². The lowest BCUT2D eigenvalue weighted by atomic mass is 10.1. The highest BCUT2D eigenvalue weighted by atomic mass is 19.1. The molecule has 0 aliphatic heterocycles. The van der Waals surface area contributed by atoms with Gasteiger partial charge in [-0.05, 0) is 25.0 Å². The molecule has 5 heteroatoms. The van der Waals surface area contributed by atoms with Crippen molar-refractivity contribution in [2.45, 2.75) is 26.3 Å². The molecule has 0 spiro atoms. The van der Waals surface area contributed by atoms with Gasteiger partial charge in [0.15, 0.2) is 11.6 Å². The van der Waals surface area contributed by atoms with Crippen molar-refractivity contribution in [2.75, 3.05) is 11.1 Å². The van der Waals surface area contributed by atoms with E-state index in [9.17, 15) is 4.39 Å². The lowest BCUT2D eigenvalue weighted by molar-refractivity contribution is 0.594. The van der Waals surface area contributed by atoms with Gasteiger partial charge in [-0.2, -0.15) is 0 Å². The van der Waals surface area contributed by atoms with Crippen LogP contribution in [-0.2, 0) is 6.42 Å². The minimum Gasteiger partial charge on any atom is -0.398 e. The van der Waals surface area contributed by atoms with Crippen LogP contribution in [0.25, 0.3) is 0 Å². The van der Waals surface area contributed by atoms with Gasteiger partial charge in [-0.1, -0.05) is 25.1 Å². The van der Waals surface area contributed by atoms with E-state index in [1.54, 1.807) is 0 Å². The predicted molar refractivity (Wildman–Crippen MR) is 74.3 cm³/mol. The van der Waals surface area contributed by atoms with Crippen molar-refractivity contribution in [3.63, 3.8) is 0 Å². The molecule has 1 aromatic carbocycles. The molecular weight excluding hydrogens is 243 g/mol. The average molecular weight is 260 g/mol. The Labute approximate surface area is 111 Å². The van der Waals surface area contributed by atoms with Crippen LogP contribution in [0, 0.1) is 5.82 Å². The van der Waals surface area contributed by atoms with Crippen molar-refractivity contribution in [2.24, 2.45) is 0 Å². The Hall–Kier alpha value is -2.17. The van der Waals surface area contributed by atoms with Gasteiger partial charge in [-0.15, -0.1) is 0 Å². The SMILES string of the molecule is CCc1ncnc(NC(C)c2ccccc2N)c1F. The second-order valence-electron chi connectivity index (χ2n) is 4.33. The molecule has 0 aliphatic carbocycles. The van der Waals surface area contributed by atoms with Crippen molar-refractivity contribution in [1.29, 1.82) is 0 Å². The number of aromatic nitrogens is 2. The molecule has 19 heavy (non-hydrogen) atoms. The van der Waals surface area contributed by atoms with E-state index in [1.165, 1.54) is 6.33 Å². The first-order valence-corrected chi connectivity index (χ1v) is 6.23. The Morgan fingerprint density at radius 2 is 2.05 bits per heavy atom. The number of rotatable bonds is 4. The molecule has 1 heterocycles. The summed E-state index contributed by atoms with van der Waals surface area (Å²) in [5.74, 6) is -0.186. The molecule has 0 bridgehead atoms. The van der Waals surface area contributed by atoms with Crippen LogP contribution in [0.15, 0.2) is 30.6 Å². The van der Waals surface area contributed by atoms with Gasteiger partial charge in [-0.25, -0.2) is 14.4 Å². The number of nitrogens with two attached hydrogens (primary N) is 1. The molecule has 2 rings (SSSR count). The molecule has 0 saturated carbocycles. The van der Waals surface area contributed by atoms with Gasteiger partial charge in [0.05, 0.1) is 11.7 Å². The Kier molecular flexibility index (Phi) is 3.94. The summed E-state index contributed by atoms with van der Waals surface area (Å²) in [6.45, 7) is 3.77. The molecule has 1 atom stereocenters. The largest absolute Gasteiger partial charge is 0.398 e. The number of anilines is 2. The first-order valence-electron chi connectivity index (χ1n) is 6.23. The number of para-hydroxylation sites is 1. The molecule has 0 fully saturated rings. The van der Waals surface area contributed by atoms with Gasteiger partial charge in [0, 0.05) is 5.69 Å². The fourth-order valence-corrected chi connectivity index (χ4v) is 1.94. The van der Waals surface area contributed by atoms with Crippen LogP contribution in [0.1, 0.15) is 31.1 Å².